The molecule has 0 bridgehead atoms. The molecule has 0 spiro atoms. The molecule has 0 atom stereocenters. The Bertz CT molecular complexity index is 813. The number of nitrogens with zero attached hydrogens (tertiary/aromatic N) is 2. The van der Waals surface area contributed by atoms with Crippen molar-refractivity contribution in [1.82, 2.24) is 4.90 Å². The van der Waals surface area contributed by atoms with Gasteiger partial charge in [-0.3, -0.25) is 4.79 Å². The maximum Gasteiger partial charge on any atom is 0.338 e. The molecule has 1 aliphatic heterocycles. The van der Waals surface area contributed by atoms with E-state index in [4.69, 9.17) is 9.47 Å². The molecule has 1 aliphatic rings. The summed E-state index contributed by atoms with van der Waals surface area (Å²) in [5, 5.41) is 3.12. The number of anilines is 2. The Morgan fingerprint density at radius 2 is 1.62 bits per heavy atom. The first-order chi connectivity index (χ1) is 14.1. The average Bonchev–Trinajstić information content (AvgIpc) is 2.78. The minimum Gasteiger partial charge on any atom is -0.497 e. The normalized spacial score (nSPS) is 13.7. The quantitative estimate of drug-likeness (QED) is 0.725. The third-order valence-electron chi connectivity index (χ3n) is 4.91. The van der Waals surface area contributed by atoms with Crippen LogP contribution in [-0.4, -0.2) is 63.2 Å². The van der Waals surface area contributed by atoms with Gasteiger partial charge >= 0.3 is 5.97 Å². The summed E-state index contributed by atoms with van der Waals surface area (Å²) in [6.45, 7) is 5.32. The van der Waals surface area contributed by atoms with E-state index >= 15 is 0 Å². The van der Waals surface area contributed by atoms with Gasteiger partial charge < -0.3 is 24.6 Å². The molecule has 1 amide bonds. The minimum absolute atomic E-state index is 0.0638. The third-order valence-corrected chi connectivity index (χ3v) is 4.91. The zero-order chi connectivity index (χ0) is 20.6. The fraction of sp³-hybridized carbons (Fsp3) is 0.364. The van der Waals surface area contributed by atoms with Crippen molar-refractivity contribution in [2.45, 2.75) is 6.92 Å². The molecule has 7 nitrogen and oxygen atoms in total. The van der Waals surface area contributed by atoms with Gasteiger partial charge in [-0.25, -0.2) is 4.79 Å². The van der Waals surface area contributed by atoms with Crippen LogP contribution < -0.4 is 15.0 Å². The zero-order valence-electron chi connectivity index (χ0n) is 16.9. The molecular formula is C22H27N3O4. The van der Waals surface area contributed by atoms with E-state index in [9.17, 15) is 9.59 Å². The van der Waals surface area contributed by atoms with E-state index in [0.29, 0.717) is 25.3 Å². The molecule has 0 aliphatic carbocycles. The highest BCUT2D eigenvalue weighted by Crippen LogP contribution is 2.20. The van der Waals surface area contributed by atoms with Crippen LogP contribution in [0.1, 0.15) is 17.3 Å². The molecule has 2 aromatic rings. The van der Waals surface area contributed by atoms with E-state index in [1.807, 2.05) is 29.2 Å². The van der Waals surface area contributed by atoms with Crippen molar-refractivity contribution in [3.63, 3.8) is 0 Å². The number of amides is 1. The molecule has 0 radical (unpaired) electrons. The molecular weight excluding hydrogens is 370 g/mol. The topological polar surface area (TPSA) is 71.1 Å². The van der Waals surface area contributed by atoms with E-state index in [2.05, 4.69) is 10.2 Å². The molecule has 1 fully saturated rings. The highest BCUT2D eigenvalue weighted by molar-refractivity contribution is 5.90. The fourth-order valence-electron chi connectivity index (χ4n) is 3.24. The van der Waals surface area contributed by atoms with Gasteiger partial charge in [-0.05, 0) is 55.5 Å². The average molecular weight is 397 g/mol. The molecule has 0 saturated carbocycles. The van der Waals surface area contributed by atoms with Gasteiger partial charge in [-0.2, -0.15) is 0 Å². The van der Waals surface area contributed by atoms with E-state index in [-0.39, 0.29) is 18.4 Å². The van der Waals surface area contributed by atoms with E-state index in [1.54, 1.807) is 38.3 Å². The summed E-state index contributed by atoms with van der Waals surface area (Å²) in [6.07, 6.45) is 0. The van der Waals surface area contributed by atoms with Crippen molar-refractivity contribution < 1.29 is 19.1 Å². The lowest BCUT2D eigenvalue weighted by Crippen LogP contribution is -2.50. The molecule has 1 saturated heterocycles. The van der Waals surface area contributed by atoms with Gasteiger partial charge in [-0.1, -0.05) is 0 Å². The van der Waals surface area contributed by atoms with Gasteiger partial charge in [0.15, 0.2) is 0 Å². The summed E-state index contributed by atoms with van der Waals surface area (Å²) >= 11 is 0. The maximum atomic E-state index is 12.5. The van der Waals surface area contributed by atoms with Crippen molar-refractivity contribution in [3.05, 3.63) is 54.1 Å². The molecule has 154 valence electrons. The van der Waals surface area contributed by atoms with Crippen molar-refractivity contribution >= 4 is 23.3 Å². The van der Waals surface area contributed by atoms with Gasteiger partial charge in [0.25, 0.3) is 0 Å². The molecule has 3 rings (SSSR count). The molecule has 2 aromatic carbocycles. The second kappa shape index (κ2) is 9.82. The lowest BCUT2D eigenvalue weighted by molar-refractivity contribution is -0.129. The first-order valence-electron chi connectivity index (χ1n) is 9.78. The number of hydrogen-bond donors (Lipinski definition) is 1. The number of ether oxygens (including phenoxy) is 2. The van der Waals surface area contributed by atoms with Gasteiger partial charge in [0.2, 0.25) is 5.91 Å². The smallest absolute Gasteiger partial charge is 0.338 e. The first kappa shape index (κ1) is 20.5. The number of nitrogens with one attached hydrogen (secondary N) is 1. The molecule has 29 heavy (non-hydrogen) atoms. The predicted molar refractivity (Wildman–Crippen MR) is 113 cm³/mol. The van der Waals surface area contributed by atoms with Crippen LogP contribution in [0.15, 0.2) is 48.5 Å². The molecule has 1 N–H and O–H groups in total. The zero-order valence-corrected chi connectivity index (χ0v) is 16.9. The third kappa shape index (κ3) is 5.40. The standard InChI is InChI=1S/C22H27N3O4/c1-3-29-22(27)17-4-6-18(7-5-17)23-16-21(26)25-14-12-24(13-15-25)19-8-10-20(28-2)11-9-19/h4-11,23H,3,12-16H2,1-2H3. The summed E-state index contributed by atoms with van der Waals surface area (Å²) in [6, 6.07) is 14.9. The number of hydrogen-bond acceptors (Lipinski definition) is 6. The molecule has 0 unspecified atom stereocenters. The lowest BCUT2D eigenvalue weighted by Gasteiger charge is -2.36. The van der Waals surface area contributed by atoms with Crippen molar-refractivity contribution in [1.29, 1.82) is 0 Å². The van der Waals surface area contributed by atoms with Crippen LogP contribution in [0.5, 0.6) is 5.75 Å². The highest BCUT2D eigenvalue weighted by Gasteiger charge is 2.21. The number of carbonyl (C=O) groups excluding carboxylic acids is 2. The van der Waals surface area contributed by atoms with Gasteiger partial charge in [-0.15, -0.1) is 0 Å². The van der Waals surface area contributed by atoms with Gasteiger partial charge in [0, 0.05) is 37.6 Å². The summed E-state index contributed by atoms with van der Waals surface area (Å²) in [5.41, 5.74) is 2.43. The lowest BCUT2D eigenvalue weighted by atomic mass is 10.2. The highest BCUT2D eigenvalue weighted by atomic mass is 16.5. The van der Waals surface area contributed by atoms with Crippen molar-refractivity contribution in [2.24, 2.45) is 0 Å². The number of piperazine rings is 1. The predicted octanol–water partition coefficient (Wildman–Crippen LogP) is 2.63. The van der Waals surface area contributed by atoms with Crippen LogP contribution in [0, 0.1) is 0 Å². The van der Waals surface area contributed by atoms with Crippen LogP contribution in [-0.2, 0) is 9.53 Å². The first-order valence-corrected chi connectivity index (χ1v) is 9.78. The Labute approximate surface area is 171 Å². The van der Waals surface area contributed by atoms with Crippen molar-refractivity contribution in [3.8, 4) is 5.75 Å². The molecule has 0 aromatic heterocycles. The summed E-state index contributed by atoms with van der Waals surface area (Å²) in [5.74, 6) is 0.558. The van der Waals surface area contributed by atoms with Gasteiger partial charge in [0.1, 0.15) is 5.75 Å². The molecule has 7 heteroatoms. The fourth-order valence-corrected chi connectivity index (χ4v) is 3.24. The minimum atomic E-state index is -0.343. The van der Waals surface area contributed by atoms with Crippen LogP contribution in [0.3, 0.4) is 0 Å². The summed E-state index contributed by atoms with van der Waals surface area (Å²) in [7, 11) is 1.65. The maximum absolute atomic E-state index is 12.5. The number of rotatable bonds is 7. The summed E-state index contributed by atoms with van der Waals surface area (Å²) < 4.78 is 10.2. The number of benzene rings is 2. The number of esters is 1. The van der Waals surface area contributed by atoms with Crippen LogP contribution >= 0.6 is 0 Å². The second-order valence-electron chi connectivity index (χ2n) is 6.72. The Kier molecular flexibility index (Phi) is 6.94. The van der Waals surface area contributed by atoms with E-state index in [1.165, 1.54) is 0 Å². The van der Waals surface area contributed by atoms with Crippen molar-refractivity contribution in [2.75, 3.05) is 56.7 Å². The molecule has 1 heterocycles. The second-order valence-corrected chi connectivity index (χ2v) is 6.72. The number of methoxy groups -OCH3 is 1. The number of carbonyl (C=O) groups is 2. The monoisotopic (exact) mass is 397 g/mol. The van der Waals surface area contributed by atoms with Crippen LogP contribution in [0.2, 0.25) is 0 Å². The largest absolute Gasteiger partial charge is 0.497 e. The van der Waals surface area contributed by atoms with Gasteiger partial charge in [0.05, 0.1) is 25.8 Å². The Morgan fingerprint density at radius 3 is 2.21 bits per heavy atom. The summed E-state index contributed by atoms with van der Waals surface area (Å²) in [4.78, 5) is 28.3. The van der Waals surface area contributed by atoms with E-state index in [0.717, 1.165) is 30.2 Å². The Hall–Kier alpha value is -3.22. The van der Waals surface area contributed by atoms with Crippen LogP contribution in [0.4, 0.5) is 11.4 Å². The SMILES string of the molecule is CCOC(=O)c1ccc(NCC(=O)N2CCN(c3ccc(OC)cc3)CC2)cc1. The van der Waals surface area contributed by atoms with Crippen LogP contribution in [0.25, 0.3) is 0 Å². The Morgan fingerprint density at radius 1 is 0.966 bits per heavy atom. The van der Waals surface area contributed by atoms with E-state index < -0.39 is 0 Å². The Balaban J connectivity index is 1.45.